The Bertz CT molecular complexity index is 1090. The van der Waals surface area contributed by atoms with E-state index in [-0.39, 0.29) is 10.7 Å². The molecule has 2 aromatic carbocycles. The molecule has 0 aliphatic heterocycles. The molecular weight excluding hydrogens is 356 g/mol. The highest BCUT2D eigenvalue weighted by molar-refractivity contribution is 7.89. The predicted molar refractivity (Wildman–Crippen MR) is 98.1 cm³/mol. The van der Waals surface area contributed by atoms with E-state index in [1.54, 1.807) is 37.3 Å². The van der Waals surface area contributed by atoms with Crippen molar-refractivity contribution in [1.82, 2.24) is 4.72 Å². The van der Waals surface area contributed by atoms with Gasteiger partial charge in [-0.25, -0.2) is 13.1 Å². The normalized spacial score (nSPS) is 11.5. The van der Waals surface area contributed by atoms with Crippen molar-refractivity contribution in [3.8, 4) is 5.75 Å². The molecular formula is C18H18N2O5S. The summed E-state index contributed by atoms with van der Waals surface area (Å²) in [4.78, 5) is 12.6. The summed E-state index contributed by atoms with van der Waals surface area (Å²) in [6.45, 7) is 1.68. The number of methoxy groups -OCH3 is 1. The third-order valence-corrected chi connectivity index (χ3v) is 5.51. The monoisotopic (exact) mass is 374 g/mol. The minimum atomic E-state index is -3.62. The third kappa shape index (κ3) is 3.29. The lowest BCUT2D eigenvalue weighted by Crippen LogP contribution is -2.20. The molecule has 0 spiro atoms. The molecule has 136 valence electrons. The lowest BCUT2D eigenvalue weighted by atomic mass is 10.2. The number of fused-ring (bicyclic) bond motifs is 1. The summed E-state index contributed by atoms with van der Waals surface area (Å²) in [6, 6.07) is 11.6. The van der Waals surface area contributed by atoms with Crippen molar-refractivity contribution in [2.45, 2.75) is 11.8 Å². The number of benzene rings is 2. The zero-order valence-electron chi connectivity index (χ0n) is 14.5. The van der Waals surface area contributed by atoms with E-state index in [9.17, 15) is 13.2 Å². The number of anilines is 1. The van der Waals surface area contributed by atoms with Crippen LogP contribution in [0.25, 0.3) is 11.0 Å². The molecule has 3 rings (SSSR count). The zero-order chi connectivity index (χ0) is 18.9. The summed E-state index contributed by atoms with van der Waals surface area (Å²) in [5, 5.41) is 3.39. The standard InChI is InChI=1S/C18H18N2O5S/c1-11-7-8-13(10-16(11)26(22,23)19-2)20-18(21)15-9-12-5-4-6-14(24-3)17(12)25-15/h4-10,19H,1-3H3,(H,20,21). The number of carbonyl (C=O) groups is 1. The Balaban J connectivity index is 1.92. The first-order valence-electron chi connectivity index (χ1n) is 7.78. The van der Waals surface area contributed by atoms with Gasteiger partial charge < -0.3 is 14.5 Å². The Kier molecular flexibility index (Phi) is 4.71. The Morgan fingerprint density at radius 1 is 1.15 bits per heavy atom. The predicted octanol–water partition coefficient (Wildman–Crippen LogP) is 2.91. The molecule has 1 heterocycles. The second-order valence-electron chi connectivity index (χ2n) is 5.63. The second-order valence-corrected chi connectivity index (χ2v) is 7.49. The van der Waals surface area contributed by atoms with Crippen molar-refractivity contribution in [1.29, 1.82) is 0 Å². The lowest BCUT2D eigenvalue weighted by Gasteiger charge is -2.09. The van der Waals surface area contributed by atoms with Crippen molar-refractivity contribution in [3.63, 3.8) is 0 Å². The fourth-order valence-corrected chi connectivity index (χ4v) is 3.57. The first-order chi connectivity index (χ1) is 12.4. The van der Waals surface area contributed by atoms with E-state index in [4.69, 9.17) is 9.15 Å². The number of rotatable bonds is 5. The van der Waals surface area contributed by atoms with Crippen LogP contribution in [0.4, 0.5) is 5.69 Å². The van der Waals surface area contributed by atoms with Crippen LogP contribution in [-0.4, -0.2) is 28.5 Å². The number of sulfonamides is 1. The third-order valence-electron chi connectivity index (χ3n) is 3.96. The van der Waals surface area contributed by atoms with Gasteiger partial charge in [0.25, 0.3) is 5.91 Å². The van der Waals surface area contributed by atoms with E-state index in [1.165, 1.54) is 20.2 Å². The van der Waals surface area contributed by atoms with Gasteiger partial charge in [-0.05, 0) is 43.8 Å². The van der Waals surface area contributed by atoms with Gasteiger partial charge in [0, 0.05) is 11.1 Å². The average Bonchev–Trinajstić information content (AvgIpc) is 3.07. The first kappa shape index (κ1) is 18.0. The van der Waals surface area contributed by atoms with Crippen molar-refractivity contribution in [3.05, 3.63) is 53.8 Å². The number of hydrogen-bond acceptors (Lipinski definition) is 5. The van der Waals surface area contributed by atoms with Crippen LogP contribution < -0.4 is 14.8 Å². The van der Waals surface area contributed by atoms with Gasteiger partial charge in [-0.15, -0.1) is 0 Å². The molecule has 7 nitrogen and oxygen atoms in total. The Labute approximate surface area is 151 Å². The highest BCUT2D eigenvalue weighted by Gasteiger charge is 2.18. The summed E-state index contributed by atoms with van der Waals surface area (Å²) in [7, 11) is -0.767. The molecule has 0 aliphatic carbocycles. The van der Waals surface area contributed by atoms with Crippen LogP contribution in [0.2, 0.25) is 0 Å². The van der Waals surface area contributed by atoms with E-state index in [2.05, 4.69) is 10.0 Å². The molecule has 2 N–H and O–H groups in total. The molecule has 3 aromatic rings. The minimum absolute atomic E-state index is 0.100. The summed E-state index contributed by atoms with van der Waals surface area (Å²) >= 11 is 0. The fourth-order valence-electron chi connectivity index (χ4n) is 2.58. The number of furan rings is 1. The number of aryl methyl sites for hydroxylation is 1. The minimum Gasteiger partial charge on any atom is -0.493 e. The molecule has 0 saturated heterocycles. The van der Waals surface area contributed by atoms with Gasteiger partial charge in [0.2, 0.25) is 10.0 Å². The highest BCUT2D eigenvalue weighted by atomic mass is 32.2. The van der Waals surface area contributed by atoms with E-state index in [0.717, 1.165) is 5.39 Å². The summed E-state index contributed by atoms with van der Waals surface area (Å²) in [6.07, 6.45) is 0. The number of amides is 1. The van der Waals surface area contributed by atoms with Gasteiger partial charge in [-0.1, -0.05) is 18.2 Å². The van der Waals surface area contributed by atoms with E-state index in [0.29, 0.717) is 22.6 Å². The summed E-state index contributed by atoms with van der Waals surface area (Å²) < 4.78 is 37.2. The fraction of sp³-hybridized carbons (Fsp3) is 0.167. The van der Waals surface area contributed by atoms with E-state index in [1.807, 2.05) is 6.07 Å². The Morgan fingerprint density at radius 3 is 2.62 bits per heavy atom. The molecule has 8 heteroatoms. The number of hydrogen-bond donors (Lipinski definition) is 2. The van der Waals surface area contributed by atoms with Crippen LogP contribution in [0.5, 0.6) is 5.75 Å². The molecule has 0 fully saturated rings. The Hall–Kier alpha value is -2.84. The second kappa shape index (κ2) is 6.81. The van der Waals surface area contributed by atoms with Gasteiger partial charge in [0.15, 0.2) is 17.1 Å². The zero-order valence-corrected chi connectivity index (χ0v) is 15.3. The van der Waals surface area contributed by atoms with Crippen molar-refractivity contribution < 1.29 is 22.4 Å². The SMILES string of the molecule is CNS(=O)(=O)c1cc(NC(=O)c2cc3cccc(OC)c3o2)ccc1C. The molecule has 1 aromatic heterocycles. The lowest BCUT2D eigenvalue weighted by molar-refractivity contribution is 0.0998. The van der Waals surface area contributed by atoms with Crippen molar-refractivity contribution >= 4 is 32.6 Å². The van der Waals surface area contributed by atoms with Gasteiger partial charge in [0.05, 0.1) is 12.0 Å². The molecule has 0 bridgehead atoms. The van der Waals surface area contributed by atoms with Crippen LogP contribution in [0.1, 0.15) is 16.1 Å². The van der Waals surface area contributed by atoms with Crippen LogP contribution in [0, 0.1) is 6.92 Å². The Morgan fingerprint density at radius 2 is 1.92 bits per heavy atom. The molecule has 0 aliphatic rings. The van der Waals surface area contributed by atoms with E-state index < -0.39 is 15.9 Å². The van der Waals surface area contributed by atoms with Gasteiger partial charge in [-0.2, -0.15) is 0 Å². The van der Waals surface area contributed by atoms with Gasteiger partial charge in [0.1, 0.15) is 0 Å². The van der Waals surface area contributed by atoms with Crippen molar-refractivity contribution in [2.75, 3.05) is 19.5 Å². The van der Waals surface area contributed by atoms with Crippen molar-refractivity contribution in [2.24, 2.45) is 0 Å². The molecule has 26 heavy (non-hydrogen) atoms. The maximum atomic E-state index is 12.5. The molecule has 1 amide bonds. The number of carbonyl (C=O) groups excluding carboxylic acids is 1. The molecule has 0 radical (unpaired) electrons. The highest BCUT2D eigenvalue weighted by Crippen LogP contribution is 2.29. The molecule has 0 unspecified atom stereocenters. The number of para-hydroxylation sites is 1. The smallest absolute Gasteiger partial charge is 0.291 e. The first-order valence-corrected chi connectivity index (χ1v) is 9.26. The number of ether oxygens (including phenoxy) is 1. The van der Waals surface area contributed by atoms with Crippen LogP contribution >= 0.6 is 0 Å². The maximum absolute atomic E-state index is 12.5. The van der Waals surface area contributed by atoms with Crippen LogP contribution in [0.15, 0.2) is 51.8 Å². The molecule has 0 saturated carbocycles. The average molecular weight is 374 g/mol. The largest absolute Gasteiger partial charge is 0.493 e. The topological polar surface area (TPSA) is 97.6 Å². The van der Waals surface area contributed by atoms with Gasteiger partial charge >= 0.3 is 0 Å². The quantitative estimate of drug-likeness (QED) is 0.716. The number of nitrogens with one attached hydrogen (secondary N) is 2. The summed E-state index contributed by atoms with van der Waals surface area (Å²) in [5.41, 5.74) is 1.40. The maximum Gasteiger partial charge on any atom is 0.291 e. The van der Waals surface area contributed by atoms with E-state index >= 15 is 0 Å². The van der Waals surface area contributed by atoms with Crippen LogP contribution in [0.3, 0.4) is 0 Å². The summed E-state index contributed by atoms with van der Waals surface area (Å²) in [5.74, 6) is 0.141. The van der Waals surface area contributed by atoms with Gasteiger partial charge in [-0.3, -0.25) is 4.79 Å². The van der Waals surface area contributed by atoms with Crippen LogP contribution in [-0.2, 0) is 10.0 Å². The molecule has 0 atom stereocenters.